The zero-order chi connectivity index (χ0) is 20.4. The summed E-state index contributed by atoms with van der Waals surface area (Å²) in [4.78, 5) is 12.6. The van der Waals surface area contributed by atoms with Gasteiger partial charge in [0.2, 0.25) is 0 Å². The zero-order valence-electron chi connectivity index (χ0n) is 15.5. The van der Waals surface area contributed by atoms with Gasteiger partial charge < -0.3 is 5.32 Å². The van der Waals surface area contributed by atoms with E-state index in [0.717, 1.165) is 24.1 Å². The Kier molecular flexibility index (Phi) is 5.43. The lowest BCUT2D eigenvalue weighted by Gasteiger charge is -2.30. The quantitative estimate of drug-likeness (QED) is 0.592. The van der Waals surface area contributed by atoms with Gasteiger partial charge in [-0.3, -0.25) is 9.10 Å². The molecule has 0 saturated carbocycles. The minimum atomic E-state index is -3.67. The Labute approximate surface area is 178 Å². The molecule has 7 heteroatoms. The fraction of sp³-hybridized carbons (Fsp3) is 0.136. The highest BCUT2D eigenvalue weighted by molar-refractivity contribution is 9.10. The van der Waals surface area contributed by atoms with E-state index >= 15 is 0 Å². The van der Waals surface area contributed by atoms with E-state index in [0.29, 0.717) is 22.3 Å². The van der Waals surface area contributed by atoms with Crippen LogP contribution in [0.3, 0.4) is 0 Å². The SMILES string of the molecule is O=C(Nc1ccc(S(=O)(=O)N2CCCc3ccccc32)cc1)c1ccccc1Br. The summed E-state index contributed by atoms with van der Waals surface area (Å²) in [6, 6.07) is 21.0. The third-order valence-electron chi connectivity index (χ3n) is 4.89. The molecule has 29 heavy (non-hydrogen) atoms. The van der Waals surface area contributed by atoms with E-state index in [4.69, 9.17) is 0 Å². The number of aryl methyl sites for hydroxylation is 1. The second-order valence-electron chi connectivity index (χ2n) is 6.77. The average molecular weight is 471 g/mol. The van der Waals surface area contributed by atoms with Gasteiger partial charge in [-0.05, 0) is 76.8 Å². The zero-order valence-corrected chi connectivity index (χ0v) is 17.9. The molecule has 1 amide bonds. The molecule has 0 radical (unpaired) electrons. The Balaban J connectivity index is 1.57. The molecule has 0 bridgehead atoms. The topological polar surface area (TPSA) is 66.5 Å². The number of halogens is 1. The van der Waals surface area contributed by atoms with E-state index in [1.165, 1.54) is 16.4 Å². The van der Waals surface area contributed by atoms with E-state index in [1.54, 1.807) is 30.3 Å². The second-order valence-corrected chi connectivity index (χ2v) is 9.48. The molecule has 1 heterocycles. The van der Waals surface area contributed by atoms with Crippen molar-refractivity contribution < 1.29 is 13.2 Å². The lowest BCUT2D eigenvalue weighted by atomic mass is 10.0. The first-order valence-electron chi connectivity index (χ1n) is 9.23. The Morgan fingerprint density at radius 3 is 2.38 bits per heavy atom. The number of para-hydroxylation sites is 1. The molecule has 5 nitrogen and oxygen atoms in total. The number of benzene rings is 3. The van der Waals surface area contributed by atoms with Crippen LogP contribution in [0.25, 0.3) is 0 Å². The van der Waals surface area contributed by atoms with Crippen molar-refractivity contribution in [1.82, 2.24) is 0 Å². The number of nitrogens with one attached hydrogen (secondary N) is 1. The first-order chi connectivity index (χ1) is 14.0. The number of hydrogen-bond donors (Lipinski definition) is 1. The average Bonchev–Trinajstić information content (AvgIpc) is 2.74. The van der Waals surface area contributed by atoms with Crippen LogP contribution in [0.4, 0.5) is 11.4 Å². The van der Waals surface area contributed by atoms with Crippen molar-refractivity contribution in [2.24, 2.45) is 0 Å². The normalized spacial score (nSPS) is 13.6. The molecular weight excluding hydrogens is 452 g/mol. The summed E-state index contributed by atoms with van der Waals surface area (Å²) in [5.74, 6) is -0.266. The molecule has 4 rings (SSSR count). The largest absolute Gasteiger partial charge is 0.322 e. The van der Waals surface area contributed by atoms with Crippen LogP contribution in [0.5, 0.6) is 0 Å². The molecule has 0 aromatic heterocycles. The van der Waals surface area contributed by atoms with Crippen LogP contribution in [0, 0.1) is 0 Å². The van der Waals surface area contributed by atoms with E-state index in [9.17, 15) is 13.2 Å². The highest BCUT2D eigenvalue weighted by atomic mass is 79.9. The number of sulfonamides is 1. The Morgan fingerprint density at radius 2 is 1.62 bits per heavy atom. The van der Waals surface area contributed by atoms with Gasteiger partial charge in [-0.2, -0.15) is 0 Å². The lowest BCUT2D eigenvalue weighted by molar-refractivity contribution is 0.102. The third-order valence-corrected chi connectivity index (χ3v) is 7.41. The summed E-state index contributed by atoms with van der Waals surface area (Å²) in [6.45, 7) is 0.458. The Bertz CT molecular complexity index is 1160. The second kappa shape index (κ2) is 8.00. The molecule has 3 aromatic rings. The van der Waals surface area contributed by atoms with Gasteiger partial charge in [0.1, 0.15) is 0 Å². The summed E-state index contributed by atoms with van der Waals surface area (Å²) in [5, 5.41) is 2.80. The number of amides is 1. The Morgan fingerprint density at radius 1 is 0.931 bits per heavy atom. The van der Waals surface area contributed by atoms with E-state index in [2.05, 4.69) is 21.2 Å². The summed E-state index contributed by atoms with van der Waals surface area (Å²) in [5.41, 5.74) is 2.82. The fourth-order valence-corrected chi connectivity index (χ4v) is 5.44. The highest BCUT2D eigenvalue weighted by Gasteiger charge is 2.28. The third kappa shape index (κ3) is 3.93. The first-order valence-corrected chi connectivity index (χ1v) is 11.5. The highest BCUT2D eigenvalue weighted by Crippen LogP contribution is 2.32. The molecule has 3 aromatic carbocycles. The molecular formula is C22H19BrN2O3S. The molecule has 0 spiro atoms. The van der Waals surface area contributed by atoms with Crippen molar-refractivity contribution >= 4 is 43.2 Å². The lowest BCUT2D eigenvalue weighted by Crippen LogP contribution is -2.35. The van der Waals surface area contributed by atoms with Crippen molar-refractivity contribution in [2.45, 2.75) is 17.7 Å². The van der Waals surface area contributed by atoms with E-state index < -0.39 is 10.0 Å². The predicted molar refractivity (Wildman–Crippen MR) is 118 cm³/mol. The minimum Gasteiger partial charge on any atom is -0.322 e. The van der Waals surface area contributed by atoms with Gasteiger partial charge >= 0.3 is 0 Å². The predicted octanol–water partition coefficient (Wildman–Crippen LogP) is 4.84. The van der Waals surface area contributed by atoms with Crippen LogP contribution >= 0.6 is 15.9 Å². The van der Waals surface area contributed by atoms with Gasteiger partial charge in [-0.1, -0.05) is 30.3 Å². The maximum Gasteiger partial charge on any atom is 0.264 e. The van der Waals surface area contributed by atoms with E-state index in [-0.39, 0.29) is 10.8 Å². The number of rotatable bonds is 4. The van der Waals surface area contributed by atoms with Crippen molar-refractivity contribution in [3.8, 4) is 0 Å². The first kappa shape index (κ1) is 19.7. The monoisotopic (exact) mass is 470 g/mol. The summed E-state index contributed by atoms with van der Waals surface area (Å²) in [7, 11) is -3.67. The van der Waals surface area contributed by atoms with Crippen LogP contribution in [-0.4, -0.2) is 20.9 Å². The molecule has 148 valence electrons. The standard InChI is InChI=1S/C22H19BrN2O3S/c23-20-9-3-2-8-19(20)22(26)24-17-11-13-18(14-12-17)29(27,28)25-15-5-7-16-6-1-4-10-21(16)25/h1-4,6,8-14H,5,7,15H2,(H,24,26). The molecule has 0 atom stereocenters. The summed E-state index contributed by atoms with van der Waals surface area (Å²) >= 11 is 3.36. The molecule has 0 saturated heterocycles. The van der Waals surface area contributed by atoms with Crippen molar-refractivity contribution in [3.05, 3.63) is 88.4 Å². The number of fused-ring (bicyclic) bond motifs is 1. The number of hydrogen-bond acceptors (Lipinski definition) is 3. The molecule has 0 unspecified atom stereocenters. The molecule has 1 aliphatic heterocycles. The van der Waals surface area contributed by atoms with Crippen molar-refractivity contribution in [2.75, 3.05) is 16.2 Å². The number of anilines is 2. The number of nitrogens with zero attached hydrogens (tertiary/aromatic N) is 1. The molecule has 0 aliphatic carbocycles. The van der Waals surface area contributed by atoms with Gasteiger partial charge in [0.15, 0.2) is 0 Å². The minimum absolute atomic E-state index is 0.202. The van der Waals surface area contributed by atoms with Gasteiger partial charge in [0, 0.05) is 16.7 Å². The van der Waals surface area contributed by atoms with Gasteiger partial charge in [0.25, 0.3) is 15.9 Å². The van der Waals surface area contributed by atoms with Gasteiger partial charge in [0.05, 0.1) is 16.1 Å². The van der Waals surface area contributed by atoms with Crippen LogP contribution in [0.15, 0.2) is 82.2 Å². The maximum atomic E-state index is 13.2. The molecule has 1 aliphatic rings. The van der Waals surface area contributed by atoms with Gasteiger partial charge in [-0.25, -0.2) is 8.42 Å². The maximum absolute atomic E-state index is 13.2. The number of carbonyl (C=O) groups excluding carboxylic acids is 1. The smallest absolute Gasteiger partial charge is 0.264 e. The van der Waals surface area contributed by atoms with Crippen LogP contribution in [-0.2, 0) is 16.4 Å². The summed E-state index contributed by atoms with van der Waals surface area (Å²) < 4.78 is 28.5. The van der Waals surface area contributed by atoms with Crippen LogP contribution in [0.2, 0.25) is 0 Å². The van der Waals surface area contributed by atoms with E-state index in [1.807, 2.05) is 30.3 Å². The van der Waals surface area contributed by atoms with Gasteiger partial charge in [-0.15, -0.1) is 0 Å². The molecule has 0 fully saturated rings. The van der Waals surface area contributed by atoms with Crippen LogP contribution < -0.4 is 9.62 Å². The Hall–Kier alpha value is -2.64. The van der Waals surface area contributed by atoms with Crippen LogP contribution in [0.1, 0.15) is 22.3 Å². The molecule has 1 N–H and O–H groups in total. The number of carbonyl (C=O) groups is 1. The fourth-order valence-electron chi connectivity index (χ4n) is 3.43. The van der Waals surface area contributed by atoms with Crippen molar-refractivity contribution in [3.63, 3.8) is 0 Å². The summed E-state index contributed by atoms with van der Waals surface area (Å²) in [6.07, 6.45) is 1.67. The van der Waals surface area contributed by atoms with Crippen molar-refractivity contribution in [1.29, 1.82) is 0 Å².